The lowest BCUT2D eigenvalue weighted by atomic mass is 10.1. The maximum absolute atomic E-state index is 7.37. The monoisotopic (exact) mass is 234 g/mol. The SMILES string of the molecule is CCC(CC(=N)N)N(C)Cc1cccc(C)n1. The molecule has 4 heteroatoms. The van der Waals surface area contributed by atoms with Gasteiger partial charge in [0, 0.05) is 24.7 Å². The van der Waals surface area contributed by atoms with Crippen LogP contribution in [0.5, 0.6) is 0 Å². The number of nitrogens with zero attached hydrogens (tertiary/aromatic N) is 2. The van der Waals surface area contributed by atoms with E-state index in [2.05, 4.69) is 23.9 Å². The van der Waals surface area contributed by atoms with Gasteiger partial charge in [-0.15, -0.1) is 0 Å². The average Bonchev–Trinajstić information content (AvgIpc) is 2.25. The van der Waals surface area contributed by atoms with Crippen LogP contribution in [0.4, 0.5) is 0 Å². The Bertz CT molecular complexity index is 375. The Labute approximate surface area is 103 Å². The molecule has 1 rings (SSSR count). The van der Waals surface area contributed by atoms with Crippen LogP contribution in [0.1, 0.15) is 31.2 Å². The van der Waals surface area contributed by atoms with Crippen molar-refractivity contribution in [2.75, 3.05) is 7.05 Å². The van der Waals surface area contributed by atoms with Gasteiger partial charge in [0.25, 0.3) is 0 Å². The van der Waals surface area contributed by atoms with Gasteiger partial charge in [-0.2, -0.15) is 0 Å². The molecular weight excluding hydrogens is 212 g/mol. The van der Waals surface area contributed by atoms with Gasteiger partial charge < -0.3 is 5.73 Å². The standard InChI is InChI=1S/C13H22N4/c1-4-12(8-13(14)15)17(3)9-11-7-5-6-10(2)16-11/h5-7,12H,4,8-9H2,1-3H3,(H3,14,15). The van der Waals surface area contributed by atoms with Crippen LogP contribution in [0.3, 0.4) is 0 Å². The van der Waals surface area contributed by atoms with E-state index in [4.69, 9.17) is 11.1 Å². The van der Waals surface area contributed by atoms with Crippen LogP contribution < -0.4 is 5.73 Å². The summed E-state index contributed by atoms with van der Waals surface area (Å²) in [5.41, 5.74) is 7.57. The number of nitrogens with two attached hydrogens (primary N) is 1. The maximum atomic E-state index is 7.37. The number of rotatable bonds is 6. The molecule has 1 unspecified atom stereocenters. The van der Waals surface area contributed by atoms with E-state index in [1.807, 2.05) is 25.1 Å². The largest absolute Gasteiger partial charge is 0.388 e. The molecule has 1 heterocycles. The summed E-state index contributed by atoms with van der Waals surface area (Å²) >= 11 is 0. The van der Waals surface area contributed by atoms with Crippen LogP contribution in [0.2, 0.25) is 0 Å². The third-order valence-corrected chi connectivity index (χ3v) is 2.91. The molecule has 0 bridgehead atoms. The molecular formula is C13H22N4. The summed E-state index contributed by atoms with van der Waals surface area (Å²) in [6.45, 7) is 4.91. The Balaban J connectivity index is 2.63. The van der Waals surface area contributed by atoms with Gasteiger partial charge in [0.05, 0.1) is 11.5 Å². The van der Waals surface area contributed by atoms with Crippen molar-refractivity contribution >= 4 is 5.84 Å². The van der Waals surface area contributed by atoms with Crippen LogP contribution in [-0.2, 0) is 6.54 Å². The summed E-state index contributed by atoms with van der Waals surface area (Å²) in [6, 6.07) is 6.37. The minimum atomic E-state index is 0.251. The van der Waals surface area contributed by atoms with Gasteiger partial charge in [-0.3, -0.25) is 15.3 Å². The molecule has 17 heavy (non-hydrogen) atoms. The molecule has 0 fully saturated rings. The fourth-order valence-electron chi connectivity index (χ4n) is 1.94. The van der Waals surface area contributed by atoms with Crippen molar-refractivity contribution in [3.8, 4) is 0 Å². The van der Waals surface area contributed by atoms with Crippen molar-refractivity contribution in [1.29, 1.82) is 5.41 Å². The van der Waals surface area contributed by atoms with E-state index in [-0.39, 0.29) is 5.84 Å². The molecule has 1 aromatic heterocycles. The minimum absolute atomic E-state index is 0.251. The topological polar surface area (TPSA) is 66.0 Å². The van der Waals surface area contributed by atoms with E-state index in [1.165, 1.54) is 0 Å². The van der Waals surface area contributed by atoms with Gasteiger partial charge in [0.2, 0.25) is 0 Å². The van der Waals surface area contributed by atoms with E-state index in [9.17, 15) is 0 Å². The van der Waals surface area contributed by atoms with Crippen molar-refractivity contribution in [1.82, 2.24) is 9.88 Å². The van der Waals surface area contributed by atoms with Gasteiger partial charge in [-0.1, -0.05) is 13.0 Å². The van der Waals surface area contributed by atoms with E-state index in [0.29, 0.717) is 12.5 Å². The zero-order valence-electron chi connectivity index (χ0n) is 10.9. The van der Waals surface area contributed by atoms with Gasteiger partial charge in [0.15, 0.2) is 0 Å². The van der Waals surface area contributed by atoms with E-state index >= 15 is 0 Å². The Hall–Kier alpha value is -1.42. The van der Waals surface area contributed by atoms with Crippen molar-refractivity contribution in [2.45, 2.75) is 39.3 Å². The van der Waals surface area contributed by atoms with Gasteiger partial charge in [-0.05, 0) is 32.5 Å². The molecule has 3 N–H and O–H groups in total. The number of aryl methyl sites for hydroxylation is 1. The lowest BCUT2D eigenvalue weighted by Crippen LogP contribution is -2.34. The molecule has 0 radical (unpaired) electrons. The fraction of sp³-hybridized carbons (Fsp3) is 0.538. The summed E-state index contributed by atoms with van der Waals surface area (Å²) in [5, 5.41) is 7.37. The second-order valence-corrected chi connectivity index (χ2v) is 4.48. The molecule has 0 amide bonds. The van der Waals surface area contributed by atoms with Crippen LogP contribution in [0, 0.1) is 12.3 Å². The molecule has 94 valence electrons. The normalized spacial score (nSPS) is 12.7. The van der Waals surface area contributed by atoms with Crippen molar-refractivity contribution in [3.05, 3.63) is 29.6 Å². The molecule has 0 aliphatic heterocycles. The van der Waals surface area contributed by atoms with Crippen LogP contribution in [0.25, 0.3) is 0 Å². The van der Waals surface area contributed by atoms with Crippen molar-refractivity contribution in [2.24, 2.45) is 5.73 Å². The van der Waals surface area contributed by atoms with Crippen LogP contribution >= 0.6 is 0 Å². The summed E-state index contributed by atoms with van der Waals surface area (Å²) in [5.74, 6) is 0.251. The zero-order valence-corrected chi connectivity index (χ0v) is 10.9. The molecule has 1 aromatic rings. The highest BCUT2D eigenvalue weighted by Crippen LogP contribution is 2.10. The lowest BCUT2D eigenvalue weighted by molar-refractivity contribution is 0.229. The second kappa shape index (κ2) is 6.35. The molecule has 1 atom stereocenters. The first kappa shape index (κ1) is 13.6. The summed E-state index contributed by atoms with van der Waals surface area (Å²) in [6.07, 6.45) is 1.61. The Morgan fingerprint density at radius 3 is 2.76 bits per heavy atom. The number of hydrogen-bond acceptors (Lipinski definition) is 3. The highest BCUT2D eigenvalue weighted by Gasteiger charge is 2.14. The van der Waals surface area contributed by atoms with Crippen molar-refractivity contribution < 1.29 is 0 Å². The number of amidine groups is 1. The van der Waals surface area contributed by atoms with Crippen LogP contribution in [-0.4, -0.2) is 28.8 Å². The highest BCUT2D eigenvalue weighted by molar-refractivity contribution is 5.77. The van der Waals surface area contributed by atoms with Crippen LogP contribution in [0.15, 0.2) is 18.2 Å². The third-order valence-electron chi connectivity index (χ3n) is 2.91. The van der Waals surface area contributed by atoms with E-state index < -0.39 is 0 Å². The molecule has 0 aliphatic carbocycles. The number of nitrogens with one attached hydrogen (secondary N) is 1. The third kappa shape index (κ3) is 4.53. The fourth-order valence-corrected chi connectivity index (χ4v) is 1.94. The van der Waals surface area contributed by atoms with Gasteiger partial charge in [0.1, 0.15) is 0 Å². The summed E-state index contributed by atoms with van der Waals surface area (Å²) < 4.78 is 0. The predicted octanol–water partition coefficient (Wildman–Crippen LogP) is 1.93. The molecule has 0 saturated carbocycles. The number of aromatic nitrogens is 1. The zero-order chi connectivity index (χ0) is 12.8. The lowest BCUT2D eigenvalue weighted by Gasteiger charge is -2.26. The second-order valence-electron chi connectivity index (χ2n) is 4.48. The molecule has 0 aliphatic rings. The Kier molecular flexibility index (Phi) is 5.10. The number of hydrogen-bond donors (Lipinski definition) is 2. The minimum Gasteiger partial charge on any atom is -0.388 e. The van der Waals surface area contributed by atoms with E-state index in [1.54, 1.807) is 0 Å². The smallest absolute Gasteiger partial charge is 0.0921 e. The van der Waals surface area contributed by atoms with Crippen molar-refractivity contribution in [3.63, 3.8) is 0 Å². The predicted molar refractivity (Wildman–Crippen MR) is 71.1 cm³/mol. The van der Waals surface area contributed by atoms with Gasteiger partial charge in [-0.25, -0.2) is 0 Å². The first-order chi connectivity index (χ1) is 8.02. The first-order valence-electron chi connectivity index (χ1n) is 5.98. The van der Waals surface area contributed by atoms with Gasteiger partial charge >= 0.3 is 0 Å². The number of pyridine rings is 1. The Morgan fingerprint density at radius 2 is 2.24 bits per heavy atom. The molecule has 0 saturated heterocycles. The molecule has 0 spiro atoms. The Morgan fingerprint density at radius 1 is 1.53 bits per heavy atom. The summed E-state index contributed by atoms with van der Waals surface area (Å²) in [7, 11) is 2.06. The maximum Gasteiger partial charge on any atom is 0.0921 e. The quantitative estimate of drug-likeness (QED) is 0.584. The first-order valence-corrected chi connectivity index (χ1v) is 5.98. The molecule has 0 aromatic carbocycles. The highest BCUT2D eigenvalue weighted by atomic mass is 15.1. The molecule has 4 nitrogen and oxygen atoms in total. The average molecular weight is 234 g/mol. The summed E-state index contributed by atoms with van der Waals surface area (Å²) in [4.78, 5) is 6.69. The van der Waals surface area contributed by atoms with E-state index in [0.717, 1.165) is 24.4 Å².